The molecule has 1 heterocycles. The lowest BCUT2D eigenvalue weighted by molar-refractivity contribution is 0.963. The van der Waals surface area contributed by atoms with Crippen LogP contribution in [0.3, 0.4) is 0 Å². The third-order valence-corrected chi connectivity index (χ3v) is 5.46. The summed E-state index contributed by atoms with van der Waals surface area (Å²) in [4.78, 5) is 18.5. The van der Waals surface area contributed by atoms with Crippen molar-refractivity contribution < 1.29 is 0 Å². The Hall–Kier alpha value is -5.73. The van der Waals surface area contributed by atoms with Gasteiger partial charge in [-0.1, -0.05) is 72.8 Å². The summed E-state index contributed by atoms with van der Waals surface area (Å²) >= 11 is 0. The number of benzene rings is 4. The van der Waals surface area contributed by atoms with Crippen LogP contribution in [0.1, 0.15) is 0 Å². The van der Waals surface area contributed by atoms with E-state index in [1.54, 1.807) is 24.3 Å². The molecule has 5 aromatic rings. The highest BCUT2D eigenvalue weighted by molar-refractivity contribution is 5.75. The maximum atomic E-state index is 10.1. The number of nitrogens with zero attached hydrogens (tertiary/aromatic N) is 8. The van der Waals surface area contributed by atoms with E-state index in [1.165, 1.54) is 9.80 Å². The molecular formula is C29H20N8. The first-order valence-corrected chi connectivity index (χ1v) is 11.4. The normalized spacial score (nSPS) is 10.1. The van der Waals surface area contributed by atoms with E-state index in [-0.39, 0.29) is 17.8 Å². The fourth-order valence-corrected chi connectivity index (χ4v) is 3.77. The maximum absolute atomic E-state index is 10.1. The van der Waals surface area contributed by atoms with Crippen molar-refractivity contribution in [2.24, 2.45) is 0 Å². The Kier molecular flexibility index (Phi) is 6.65. The summed E-state index contributed by atoms with van der Waals surface area (Å²) < 4.78 is 0. The summed E-state index contributed by atoms with van der Waals surface area (Å²) in [5.74, 6) is 0.424. The lowest BCUT2D eigenvalue weighted by Crippen LogP contribution is -2.22. The van der Waals surface area contributed by atoms with Gasteiger partial charge in [-0.15, -0.1) is 0 Å². The number of anilines is 7. The highest BCUT2D eigenvalue weighted by Gasteiger charge is 2.24. The highest BCUT2D eigenvalue weighted by Crippen LogP contribution is 2.35. The largest absolute Gasteiger partial charge is 0.279 e. The quantitative estimate of drug-likeness (QED) is 0.190. The number of hydrogen-bond donors (Lipinski definition) is 0. The van der Waals surface area contributed by atoms with Gasteiger partial charge in [0.1, 0.15) is 0 Å². The van der Waals surface area contributed by atoms with Gasteiger partial charge in [-0.2, -0.15) is 25.5 Å². The van der Waals surface area contributed by atoms with Crippen molar-refractivity contribution in [3.63, 3.8) is 0 Å². The second-order valence-electron chi connectivity index (χ2n) is 7.78. The van der Waals surface area contributed by atoms with E-state index in [0.29, 0.717) is 11.4 Å². The molecule has 0 aliphatic rings. The molecule has 8 nitrogen and oxygen atoms in total. The fraction of sp³-hybridized carbons (Fsp3) is 0. The summed E-state index contributed by atoms with van der Waals surface area (Å²) in [5.41, 5.74) is 2.79. The Morgan fingerprint density at radius 2 is 0.703 bits per heavy atom. The lowest BCUT2D eigenvalue weighted by Gasteiger charge is -2.25. The molecule has 176 valence electrons. The van der Waals surface area contributed by atoms with Crippen molar-refractivity contribution in [3.8, 4) is 12.4 Å². The molecule has 0 spiro atoms. The van der Waals surface area contributed by atoms with Crippen LogP contribution in [-0.4, -0.2) is 15.0 Å². The van der Waals surface area contributed by atoms with E-state index in [1.807, 2.05) is 102 Å². The first kappa shape index (κ1) is 23.0. The van der Waals surface area contributed by atoms with Crippen LogP contribution in [0.2, 0.25) is 0 Å². The first-order valence-electron chi connectivity index (χ1n) is 11.4. The molecule has 0 unspecified atom stereocenters. The Bertz CT molecular complexity index is 1430. The van der Waals surface area contributed by atoms with Crippen LogP contribution in [0.5, 0.6) is 0 Å². The van der Waals surface area contributed by atoms with Crippen molar-refractivity contribution >= 4 is 40.6 Å². The zero-order chi connectivity index (χ0) is 25.5. The van der Waals surface area contributed by atoms with E-state index in [0.717, 1.165) is 11.4 Å². The number of rotatable bonds is 7. The van der Waals surface area contributed by atoms with Crippen LogP contribution in [0.25, 0.3) is 0 Å². The molecule has 0 atom stereocenters. The van der Waals surface area contributed by atoms with Crippen molar-refractivity contribution in [2.75, 3.05) is 14.7 Å². The molecule has 0 radical (unpaired) electrons. The smallest absolute Gasteiger partial charge is 0.250 e. The molecule has 0 aliphatic heterocycles. The molecule has 0 fully saturated rings. The van der Waals surface area contributed by atoms with Gasteiger partial charge in [0.25, 0.3) is 0 Å². The van der Waals surface area contributed by atoms with Crippen LogP contribution in [0.15, 0.2) is 121 Å². The molecule has 8 heteroatoms. The summed E-state index contributed by atoms with van der Waals surface area (Å²) in [6.07, 6.45) is 4.33. The van der Waals surface area contributed by atoms with Crippen molar-refractivity contribution in [3.05, 3.63) is 121 Å². The van der Waals surface area contributed by atoms with E-state index in [9.17, 15) is 10.5 Å². The molecular weight excluding hydrogens is 460 g/mol. The predicted molar refractivity (Wildman–Crippen MR) is 143 cm³/mol. The van der Waals surface area contributed by atoms with E-state index < -0.39 is 0 Å². The minimum atomic E-state index is 0.0849. The van der Waals surface area contributed by atoms with Gasteiger partial charge in [0.15, 0.2) is 12.4 Å². The lowest BCUT2D eigenvalue weighted by atomic mass is 10.2. The van der Waals surface area contributed by atoms with Crippen LogP contribution < -0.4 is 14.7 Å². The number of nitriles is 2. The number of hydrogen-bond acceptors (Lipinski definition) is 8. The monoisotopic (exact) mass is 480 g/mol. The van der Waals surface area contributed by atoms with Crippen LogP contribution in [0.4, 0.5) is 40.6 Å². The van der Waals surface area contributed by atoms with Crippen LogP contribution in [0, 0.1) is 22.9 Å². The zero-order valence-electron chi connectivity index (χ0n) is 19.6. The third-order valence-electron chi connectivity index (χ3n) is 5.46. The highest BCUT2D eigenvalue weighted by atomic mass is 15.4. The zero-order valence-corrected chi connectivity index (χ0v) is 19.6. The summed E-state index contributed by atoms with van der Waals surface area (Å²) in [6, 6.07) is 37.5. The molecule has 0 aliphatic carbocycles. The van der Waals surface area contributed by atoms with E-state index >= 15 is 0 Å². The Labute approximate surface area is 214 Å². The molecule has 0 N–H and O–H groups in total. The third kappa shape index (κ3) is 4.90. The van der Waals surface area contributed by atoms with Gasteiger partial charge in [0, 0.05) is 11.4 Å². The van der Waals surface area contributed by atoms with Gasteiger partial charge in [0.2, 0.25) is 17.8 Å². The van der Waals surface area contributed by atoms with Crippen molar-refractivity contribution in [1.29, 1.82) is 10.5 Å². The first-order chi connectivity index (χ1) is 18.3. The molecule has 4 aromatic carbocycles. The fourth-order valence-electron chi connectivity index (χ4n) is 3.77. The van der Waals surface area contributed by atoms with Gasteiger partial charge in [-0.25, -0.2) is 9.80 Å². The predicted octanol–water partition coefficient (Wildman–Crippen LogP) is 6.58. The molecule has 1 aromatic heterocycles. The van der Waals surface area contributed by atoms with Crippen molar-refractivity contribution in [2.45, 2.75) is 0 Å². The van der Waals surface area contributed by atoms with Crippen molar-refractivity contribution in [1.82, 2.24) is 15.0 Å². The average molecular weight is 481 g/mol. The van der Waals surface area contributed by atoms with Gasteiger partial charge in [0.05, 0.1) is 11.4 Å². The SMILES string of the molecule is N#CN(c1ccccc1)c1nc(N(C#N)c2ccccc2)nc(N(c2ccccc2)c2ccccc2)n1. The molecule has 0 saturated carbocycles. The standard InChI is InChI=1S/C29H20N8/c30-21-35(23-13-5-1-6-14-23)27-32-28(36(22-31)24-15-7-2-8-16-24)34-29(33-27)37(25-17-9-3-10-18-25)26-19-11-4-12-20-26/h1-20H. The van der Waals surface area contributed by atoms with E-state index in [2.05, 4.69) is 17.4 Å². The second kappa shape index (κ2) is 10.7. The Morgan fingerprint density at radius 1 is 0.405 bits per heavy atom. The average Bonchev–Trinajstić information content (AvgIpc) is 2.96. The molecule has 0 bridgehead atoms. The second-order valence-corrected chi connectivity index (χ2v) is 7.78. The molecule has 0 amide bonds. The minimum absolute atomic E-state index is 0.0849. The molecule has 0 saturated heterocycles. The minimum Gasteiger partial charge on any atom is -0.279 e. The van der Waals surface area contributed by atoms with Gasteiger partial charge >= 0.3 is 0 Å². The molecule has 37 heavy (non-hydrogen) atoms. The summed E-state index contributed by atoms with van der Waals surface area (Å²) in [5, 5.41) is 20.2. The topological polar surface area (TPSA) is 96.0 Å². The summed E-state index contributed by atoms with van der Waals surface area (Å²) in [6.45, 7) is 0. The summed E-state index contributed by atoms with van der Waals surface area (Å²) in [7, 11) is 0. The Balaban J connectivity index is 1.75. The number of aromatic nitrogens is 3. The molecule has 5 rings (SSSR count). The number of para-hydroxylation sites is 4. The van der Waals surface area contributed by atoms with Crippen LogP contribution >= 0.6 is 0 Å². The van der Waals surface area contributed by atoms with Gasteiger partial charge in [-0.3, -0.25) is 4.90 Å². The van der Waals surface area contributed by atoms with Crippen LogP contribution in [-0.2, 0) is 0 Å². The maximum Gasteiger partial charge on any atom is 0.250 e. The van der Waals surface area contributed by atoms with E-state index in [4.69, 9.17) is 9.97 Å². The van der Waals surface area contributed by atoms with Gasteiger partial charge in [-0.05, 0) is 48.5 Å². The Morgan fingerprint density at radius 3 is 1.03 bits per heavy atom. The van der Waals surface area contributed by atoms with Gasteiger partial charge < -0.3 is 0 Å².